The number of urea groups is 1. The molecule has 6 heteroatoms. The summed E-state index contributed by atoms with van der Waals surface area (Å²) in [7, 11) is 0. The summed E-state index contributed by atoms with van der Waals surface area (Å²) >= 11 is 0. The Balaban J connectivity index is 1.34. The average Bonchev–Trinajstić information content (AvgIpc) is 2.98. The van der Waals surface area contributed by atoms with E-state index in [9.17, 15) is 4.79 Å². The predicted molar refractivity (Wildman–Crippen MR) is 96.1 cm³/mol. The molecule has 4 atom stereocenters. The van der Waals surface area contributed by atoms with Crippen LogP contribution in [0.3, 0.4) is 0 Å². The van der Waals surface area contributed by atoms with Gasteiger partial charge in [-0.25, -0.2) is 4.79 Å². The summed E-state index contributed by atoms with van der Waals surface area (Å²) < 4.78 is 2.16. The van der Waals surface area contributed by atoms with Crippen molar-refractivity contribution in [2.24, 2.45) is 17.3 Å². The van der Waals surface area contributed by atoms with E-state index in [1.54, 1.807) is 0 Å². The first-order chi connectivity index (χ1) is 11.9. The first-order valence-corrected chi connectivity index (χ1v) is 9.56. The van der Waals surface area contributed by atoms with Gasteiger partial charge in [-0.2, -0.15) is 0 Å². The molecule has 1 aromatic heterocycles. The van der Waals surface area contributed by atoms with Gasteiger partial charge in [-0.05, 0) is 36.5 Å². The van der Waals surface area contributed by atoms with Gasteiger partial charge in [0.25, 0.3) is 0 Å². The van der Waals surface area contributed by atoms with Crippen molar-refractivity contribution in [1.29, 1.82) is 0 Å². The van der Waals surface area contributed by atoms with Gasteiger partial charge < -0.3 is 15.2 Å². The summed E-state index contributed by atoms with van der Waals surface area (Å²) in [6.07, 6.45) is 4.92. The minimum absolute atomic E-state index is 0.0650. The van der Waals surface area contributed by atoms with E-state index in [-0.39, 0.29) is 18.1 Å². The molecule has 136 valence electrons. The van der Waals surface area contributed by atoms with Gasteiger partial charge >= 0.3 is 6.03 Å². The highest BCUT2D eigenvalue weighted by Crippen LogP contribution is 2.60. The lowest BCUT2D eigenvalue weighted by Crippen LogP contribution is -2.59. The van der Waals surface area contributed by atoms with E-state index >= 15 is 0 Å². The Hall–Kier alpha value is -1.85. The molecule has 2 heterocycles. The SMILES string of the molecule is C=C1C(NC(=O)NC2CCc3nnc(CC)n3C2)C[C@H]2C[C@@H]1C2(C)C. The molecular formula is C19H29N5O. The average molecular weight is 343 g/mol. The fourth-order valence-electron chi connectivity index (χ4n) is 5.02. The second kappa shape index (κ2) is 5.85. The van der Waals surface area contributed by atoms with Gasteiger partial charge in [0.05, 0.1) is 6.04 Å². The maximum absolute atomic E-state index is 12.5. The molecule has 4 aliphatic rings. The molecule has 3 aliphatic carbocycles. The van der Waals surface area contributed by atoms with E-state index in [0.717, 1.165) is 43.9 Å². The van der Waals surface area contributed by atoms with E-state index in [1.807, 2.05) is 0 Å². The molecule has 2 unspecified atom stereocenters. The number of fused-ring (bicyclic) bond motifs is 3. The van der Waals surface area contributed by atoms with Crippen molar-refractivity contribution in [3.05, 3.63) is 23.8 Å². The lowest BCUT2D eigenvalue weighted by Gasteiger charge is -2.60. The highest BCUT2D eigenvalue weighted by atomic mass is 16.2. The Morgan fingerprint density at radius 3 is 2.80 bits per heavy atom. The summed E-state index contributed by atoms with van der Waals surface area (Å²) in [6, 6.07) is 0.193. The van der Waals surface area contributed by atoms with Crippen LogP contribution in [0.2, 0.25) is 0 Å². The zero-order valence-electron chi connectivity index (χ0n) is 15.5. The number of hydrogen-bond acceptors (Lipinski definition) is 3. The second-order valence-corrected chi connectivity index (χ2v) is 8.52. The van der Waals surface area contributed by atoms with Crippen LogP contribution in [-0.2, 0) is 19.4 Å². The molecular weight excluding hydrogens is 314 g/mol. The van der Waals surface area contributed by atoms with Crippen molar-refractivity contribution < 1.29 is 4.79 Å². The van der Waals surface area contributed by atoms with Crippen LogP contribution in [0, 0.1) is 17.3 Å². The summed E-state index contributed by atoms with van der Waals surface area (Å²) in [6.45, 7) is 11.8. The lowest BCUT2D eigenvalue weighted by atomic mass is 9.46. The molecule has 0 aromatic carbocycles. The van der Waals surface area contributed by atoms with Crippen LogP contribution >= 0.6 is 0 Å². The van der Waals surface area contributed by atoms with Crippen molar-refractivity contribution in [1.82, 2.24) is 25.4 Å². The topological polar surface area (TPSA) is 71.8 Å². The number of hydrogen-bond donors (Lipinski definition) is 2. The Kier molecular flexibility index (Phi) is 3.89. The molecule has 0 radical (unpaired) electrons. The van der Waals surface area contributed by atoms with Crippen LogP contribution in [0.15, 0.2) is 12.2 Å². The van der Waals surface area contributed by atoms with Gasteiger partial charge in [0, 0.05) is 25.4 Å². The quantitative estimate of drug-likeness (QED) is 0.828. The maximum atomic E-state index is 12.5. The van der Waals surface area contributed by atoms with E-state index < -0.39 is 0 Å². The largest absolute Gasteiger partial charge is 0.334 e. The Bertz CT molecular complexity index is 693. The number of aryl methyl sites for hydroxylation is 2. The third kappa shape index (κ3) is 2.66. The van der Waals surface area contributed by atoms with Crippen LogP contribution in [0.1, 0.15) is 51.7 Å². The van der Waals surface area contributed by atoms with Crippen LogP contribution in [0.4, 0.5) is 4.79 Å². The van der Waals surface area contributed by atoms with Crippen LogP contribution in [-0.4, -0.2) is 32.9 Å². The Morgan fingerprint density at radius 2 is 2.12 bits per heavy atom. The van der Waals surface area contributed by atoms with Crippen molar-refractivity contribution in [2.45, 2.75) is 71.5 Å². The number of nitrogens with one attached hydrogen (secondary N) is 2. The molecule has 6 nitrogen and oxygen atoms in total. The first kappa shape index (κ1) is 16.6. The molecule has 2 amide bonds. The zero-order valence-corrected chi connectivity index (χ0v) is 15.5. The minimum atomic E-state index is -0.0650. The van der Waals surface area contributed by atoms with Gasteiger partial charge in [0.2, 0.25) is 0 Å². The molecule has 5 rings (SSSR count). The third-order valence-electron chi connectivity index (χ3n) is 6.87. The lowest BCUT2D eigenvalue weighted by molar-refractivity contribution is -0.0369. The van der Waals surface area contributed by atoms with E-state index in [0.29, 0.717) is 17.3 Å². The van der Waals surface area contributed by atoms with Crippen molar-refractivity contribution in [3.8, 4) is 0 Å². The molecule has 2 bridgehead atoms. The predicted octanol–water partition coefficient (Wildman–Crippen LogP) is 2.45. The molecule has 2 N–H and O–H groups in total. The molecule has 3 fully saturated rings. The van der Waals surface area contributed by atoms with Gasteiger partial charge in [-0.3, -0.25) is 0 Å². The molecule has 0 saturated heterocycles. The van der Waals surface area contributed by atoms with E-state index in [2.05, 4.69) is 52.7 Å². The van der Waals surface area contributed by atoms with Crippen LogP contribution in [0.25, 0.3) is 0 Å². The normalized spacial score (nSPS) is 32.5. The Labute approximate surface area is 149 Å². The molecule has 1 aromatic rings. The summed E-state index contributed by atoms with van der Waals surface area (Å²) in [4.78, 5) is 12.5. The third-order valence-corrected chi connectivity index (χ3v) is 6.87. The number of carbonyl (C=O) groups excluding carboxylic acids is 1. The summed E-state index contributed by atoms with van der Waals surface area (Å²) in [5, 5.41) is 14.8. The highest BCUT2D eigenvalue weighted by molar-refractivity contribution is 5.75. The zero-order chi connectivity index (χ0) is 17.8. The van der Waals surface area contributed by atoms with Crippen molar-refractivity contribution in [2.75, 3.05) is 0 Å². The summed E-state index contributed by atoms with van der Waals surface area (Å²) in [5.74, 6) is 3.30. The number of amides is 2. The van der Waals surface area contributed by atoms with E-state index in [1.165, 1.54) is 12.0 Å². The molecule has 1 aliphatic heterocycles. The monoisotopic (exact) mass is 343 g/mol. The molecule has 3 saturated carbocycles. The number of carbonyl (C=O) groups is 1. The summed E-state index contributed by atoms with van der Waals surface area (Å²) in [5.41, 5.74) is 1.57. The highest BCUT2D eigenvalue weighted by Gasteiger charge is 2.54. The van der Waals surface area contributed by atoms with Crippen LogP contribution < -0.4 is 10.6 Å². The minimum Gasteiger partial charge on any atom is -0.334 e. The van der Waals surface area contributed by atoms with Gasteiger partial charge in [-0.1, -0.05) is 32.9 Å². The van der Waals surface area contributed by atoms with Crippen LogP contribution in [0.5, 0.6) is 0 Å². The smallest absolute Gasteiger partial charge is 0.315 e. The van der Waals surface area contributed by atoms with Gasteiger partial charge in [-0.15, -0.1) is 10.2 Å². The molecule has 25 heavy (non-hydrogen) atoms. The maximum Gasteiger partial charge on any atom is 0.315 e. The van der Waals surface area contributed by atoms with E-state index in [4.69, 9.17) is 0 Å². The number of aromatic nitrogens is 3. The first-order valence-electron chi connectivity index (χ1n) is 9.56. The van der Waals surface area contributed by atoms with Gasteiger partial charge in [0.1, 0.15) is 11.6 Å². The Morgan fingerprint density at radius 1 is 1.32 bits per heavy atom. The van der Waals surface area contributed by atoms with Crippen molar-refractivity contribution >= 4 is 6.03 Å². The fourth-order valence-corrected chi connectivity index (χ4v) is 5.02. The fraction of sp³-hybridized carbons (Fsp3) is 0.737. The van der Waals surface area contributed by atoms with Gasteiger partial charge in [0.15, 0.2) is 0 Å². The number of rotatable bonds is 3. The standard InChI is InChI=1S/C19H29N5O/c1-5-16-22-23-17-7-6-13(10-24(16)17)20-18(25)21-15-9-12-8-14(11(15)2)19(12,3)4/h12-15H,2,5-10H2,1,3-4H3,(H2,20,21,25)/t12-,13?,14+,15?/m1/s1. The van der Waals surface area contributed by atoms with Crippen molar-refractivity contribution in [3.63, 3.8) is 0 Å². The second-order valence-electron chi connectivity index (χ2n) is 8.52. The number of nitrogens with zero attached hydrogens (tertiary/aromatic N) is 3. The molecule has 0 spiro atoms.